The van der Waals surface area contributed by atoms with Crippen molar-refractivity contribution >= 4 is 28.7 Å². The van der Waals surface area contributed by atoms with Crippen LogP contribution in [0, 0.1) is 3.57 Å². The van der Waals surface area contributed by atoms with E-state index in [0.29, 0.717) is 51.4 Å². The Morgan fingerprint density at radius 2 is 1.82 bits per heavy atom. The number of carbonyl (C=O) groups is 1. The topological polar surface area (TPSA) is 75.0 Å². The lowest BCUT2D eigenvalue weighted by Crippen LogP contribution is -2.48. The Labute approximate surface area is 177 Å². The van der Waals surface area contributed by atoms with Gasteiger partial charge in [-0.25, -0.2) is 4.79 Å². The molecule has 1 aromatic carbocycles. The second kappa shape index (κ2) is 9.42. The lowest BCUT2D eigenvalue weighted by molar-refractivity contribution is 0.0776. The monoisotopic (exact) mass is 497 g/mol. The summed E-state index contributed by atoms with van der Waals surface area (Å²) in [4.78, 5) is 28.2. The minimum Gasteiger partial charge on any atom is -0.503 e. The molecule has 1 aliphatic heterocycles. The maximum atomic E-state index is 12.6. The van der Waals surface area contributed by atoms with Crippen molar-refractivity contribution in [2.24, 2.45) is 0 Å². The van der Waals surface area contributed by atoms with Crippen molar-refractivity contribution in [1.82, 2.24) is 14.4 Å². The summed E-state index contributed by atoms with van der Waals surface area (Å²) < 4.78 is 7.63. The Balaban J connectivity index is 1.65. The van der Waals surface area contributed by atoms with E-state index in [4.69, 9.17) is 4.74 Å². The highest BCUT2D eigenvalue weighted by Crippen LogP contribution is 2.17. The number of halogens is 1. The predicted octanol–water partition coefficient (Wildman–Crippen LogP) is 2.48. The number of hydrogen-bond donors (Lipinski definition) is 1. The first-order valence-electron chi connectivity index (χ1n) is 9.28. The molecule has 0 saturated carbocycles. The molecule has 8 heteroatoms. The fourth-order valence-electron chi connectivity index (χ4n) is 3.21. The number of ether oxygens (including phenoxy) is 1. The first kappa shape index (κ1) is 20.7. The molecule has 28 heavy (non-hydrogen) atoms. The quantitative estimate of drug-likeness (QED) is 0.643. The minimum absolute atomic E-state index is 0.207. The van der Waals surface area contributed by atoms with Crippen LogP contribution in [0.3, 0.4) is 0 Å². The van der Waals surface area contributed by atoms with Crippen LogP contribution in [0.2, 0.25) is 0 Å². The van der Waals surface area contributed by atoms with Crippen molar-refractivity contribution in [2.45, 2.75) is 20.0 Å². The second-order valence-electron chi connectivity index (χ2n) is 6.68. The summed E-state index contributed by atoms with van der Waals surface area (Å²) in [5.74, 6) is -0.207. The van der Waals surface area contributed by atoms with Gasteiger partial charge in [0.1, 0.15) is 0 Å². The van der Waals surface area contributed by atoms with Gasteiger partial charge in [-0.3, -0.25) is 9.69 Å². The second-order valence-corrected chi connectivity index (χ2v) is 7.84. The first-order chi connectivity index (χ1) is 13.5. The number of aromatic nitrogens is 1. The van der Waals surface area contributed by atoms with E-state index >= 15 is 0 Å². The number of carbonyl (C=O) groups excluding carboxylic acids is 1. The van der Waals surface area contributed by atoms with Crippen LogP contribution in [0.1, 0.15) is 18.1 Å². The summed E-state index contributed by atoms with van der Waals surface area (Å²) in [5, 5.41) is 10.4. The van der Waals surface area contributed by atoms with E-state index in [2.05, 4.69) is 27.5 Å². The molecule has 0 bridgehead atoms. The van der Waals surface area contributed by atoms with Crippen LogP contribution in [-0.2, 0) is 17.8 Å². The van der Waals surface area contributed by atoms with Gasteiger partial charge in [-0.2, -0.15) is 0 Å². The van der Waals surface area contributed by atoms with E-state index in [1.807, 2.05) is 24.3 Å². The van der Waals surface area contributed by atoms with Crippen molar-refractivity contribution in [3.05, 3.63) is 61.6 Å². The first-order valence-corrected chi connectivity index (χ1v) is 10.4. The van der Waals surface area contributed by atoms with Crippen molar-refractivity contribution in [3.8, 4) is 5.75 Å². The fourth-order valence-corrected chi connectivity index (χ4v) is 3.76. The van der Waals surface area contributed by atoms with Crippen LogP contribution in [0.4, 0.5) is 4.79 Å². The van der Waals surface area contributed by atoms with Gasteiger partial charge in [0.05, 0.1) is 13.2 Å². The summed E-state index contributed by atoms with van der Waals surface area (Å²) >= 11 is 2.24. The molecule has 0 aliphatic carbocycles. The molecule has 1 aliphatic rings. The van der Waals surface area contributed by atoms with Crippen molar-refractivity contribution in [1.29, 1.82) is 0 Å². The van der Waals surface area contributed by atoms with E-state index in [-0.39, 0.29) is 17.4 Å². The van der Waals surface area contributed by atoms with Crippen LogP contribution >= 0.6 is 22.6 Å². The zero-order valence-electron chi connectivity index (χ0n) is 15.8. The number of benzene rings is 1. The number of aromatic hydroxyl groups is 1. The van der Waals surface area contributed by atoms with Gasteiger partial charge in [-0.15, -0.1) is 0 Å². The molecule has 3 rings (SSSR count). The Morgan fingerprint density at radius 3 is 2.50 bits per heavy atom. The van der Waals surface area contributed by atoms with Crippen LogP contribution in [0.5, 0.6) is 5.75 Å². The SMILES string of the molecule is CCOC(=O)N1CCN(Cc2ccn(Cc3ccccc3I)c(=O)c2O)CC1. The van der Waals surface area contributed by atoms with Gasteiger partial charge >= 0.3 is 6.09 Å². The number of hydrogen-bond acceptors (Lipinski definition) is 5. The van der Waals surface area contributed by atoms with E-state index < -0.39 is 0 Å². The van der Waals surface area contributed by atoms with E-state index in [9.17, 15) is 14.7 Å². The average molecular weight is 497 g/mol. The van der Waals surface area contributed by atoms with E-state index in [0.717, 1.165) is 9.13 Å². The minimum atomic E-state index is -0.387. The Morgan fingerprint density at radius 1 is 1.11 bits per heavy atom. The van der Waals surface area contributed by atoms with E-state index in [1.165, 1.54) is 4.57 Å². The van der Waals surface area contributed by atoms with Gasteiger partial charge in [0.2, 0.25) is 0 Å². The number of rotatable bonds is 5. The predicted molar refractivity (Wildman–Crippen MR) is 114 cm³/mol. The molecular formula is C20H24IN3O4. The molecule has 0 spiro atoms. The third kappa shape index (κ3) is 4.85. The molecule has 1 saturated heterocycles. The van der Waals surface area contributed by atoms with Crippen LogP contribution in [0.15, 0.2) is 41.3 Å². The normalized spacial score (nSPS) is 14.9. The summed E-state index contributed by atoms with van der Waals surface area (Å²) in [7, 11) is 0. The fraction of sp³-hybridized carbons (Fsp3) is 0.400. The molecule has 0 radical (unpaired) electrons. The van der Waals surface area contributed by atoms with E-state index in [1.54, 1.807) is 24.1 Å². The zero-order chi connectivity index (χ0) is 20.1. The highest BCUT2D eigenvalue weighted by atomic mass is 127. The smallest absolute Gasteiger partial charge is 0.409 e. The number of pyridine rings is 1. The molecule has 1 fully saturated rings. The van der Waals surface area contributed by atoms with Crippen molar-refractivity contribution < 1.29 is 14.6 Å². The molecule has 150 valence electrons. The lowest BCUT2D eigenvalue weighted by Gasteiger charge is -2.34. The molecule has 1 aromatic heterocycles. The summed E-state index contributed by atoms with van der Waals surface area (Å²) in [6, 6.07) is 9.65. The van der Waals surface area contributed by atoms with Gasteiger partial charge in [-0.1, -0.05) is 18.2 Å². The molecule has 1 N–H and O–H groups in total. The van der Waals surface area contributed by atoms with Crippen molar-refractivity contribution in [2.75, 3.05) is 32.8 Å². The van der Waals surface area contributed by atoms with Crippen LogP contribution in [0.25, 0.3) is 0 Å². The van der Waals surface area contributed by atoms with Gasteiger partial charge in [-0.05, 0) is 47.2 Å². The molecule has 1 amide bonds. The summed E-state index contributed by atoms with van der Waals surface area (Å²) in [6.07, 6.45) is 1.44. The van der Waals surface area contributed by atoms with Crippen LogP contribution in [-0.4, -0.2) is 58.4 Å². The molecule has 2 aromatic rings. The van der Waals surface area contributed by atoms with Crippen molar-refractivity contribution in [3.63, 3.8) is 0 Å². The van der Waals surface area contributed by atoms with Gasteiger partial charge < -0.3 is 19.3 Å². The molecule has 2 heterocycles. The Hall–Kier alpha value is -2.07. The Bertz CT molecular complexity index is 891. The average Bonchev–Trinajstić information content (AvgIpc) is 2.70. The third-order valence-electron chi connectivity index (χ3n) is 4.81. The number of amides is 1. The van der Waals surface area contributed by atoms with Gasteiger partial charge in [0.25, 0.3) is 5.56 Å². The van der Waals surface area contributed by atoms with Gasteiger partial charge in [0.15, 0.2) is 5.75 Å². The highest BCUT2D eigenvalue weighted by molar-refractivity contribution is 14.1. The maximum absolute atomic E-state index is 12.6. The Kier molecular flexibility index (Phi) is 6.95. The largest absolute Gasteiger partial charge is 0.503 e. The lowest BCUT2D eigenvalue weighted by atomic mass is 10.2. The zero-order valence-corrected chi connectivity index (χ0v) is 18.0. The summed E-state index contributed by atoms with van der Waals surface area (Å²) in [5.41, 5.74) is 1.25. The third-order valence-corrected chi connectivity index (χ3v) is 5.87. The molecule has 0 unspecified atom stereocenters. The number of nitrogens with zero attached hydrogens (tertiary/aromatic N) is 3. The standard InChI is InChI=1S/C20H24IN3O4/c1-2-28-20(27)23-11-9-22(10-12-23)13-16-7-8-24(19(26)18(16)25)14-15-5-3-4-6-17(15)21/h3-8,25H,2,9-14H2,1H3. The van der Waals surface area contributed by atoms with Crippen LogP contribution < -0.4 is 5.56 Å². The number of piperazine rings is 1. The highest BCUT2D eigenvalue weighted by Gasteiger charge is 2.23. The van der Waals surface area contributed by atoms with Gasteiger partial charge in [0, 0.05) is 48.1 Å². The molecule has 7 nitrogen and oxygen atoms in total. The maximum Gasteiger partial charge on any atom is 0.409 e. The molecular weight excluding hydrogens is 473 g/mol. The summed E-state index contributed by atoms with van der Waals surface area (Å²) in [6.45, 7) is 5.54. The molecule has 0 atom stereocenters.